The highest BCUT2D eigenvalue weighted by molar-refractivity contribution is 6.31. The van der Waals surface area contributed by atoms with Gasteiger partial charge in [0, 0.05) is 24.3 Å². The molecule has 1 saturated heterocycles. The van der Waals surface area contributed by atoms with E-state index in [9.17, 15) is 9.59 Å². The first-order valence-corrected chi connectivity index (χ1v) is 10.2. The zero-order valence-electron chi connectivity index (χ0n) is 16.8. The van der Waals surface area contributed by atoms with Crippen molar-refractivity contribution in [2.75, 3.05) is 24.1 Å². The van der Waals surface area contributed by atoms with Crippen LogP contribution >= 0.6 is 11.6 Å². The SMILES string of the molecule is C=CC(=O)N1CCC(n2cc(C(=O)Nc3nc4cc(Cl)ccc4o3)c3c(N)ncnc32)C1. The third kappa shape index (κ3) is 3.34. The van der Waals surface area contributed by atoms with Gasteiger partial charge in [0.15, 0.2) is 5.58 Å². The third-order valence-electron chi connectivity index (χ3n) is 5.50. The van der Waals surface area contributed by atoms with E-state index < -0.39 is 5.91 Å². The molecule has 0 radical (unpaired) electrons. The summed E-state index contributed by atoms with van der Waals surface area (Å²) in [5.74, 6) is -0.419. The Hall–Kier alpha value is -3.92. The molecule has 11 heteroatoms. The van der Waals surface area contributed by atoms with Crippen LogP contribution in [0.4, 0.5) is 11.8 Å². The minimum absolute atomic E-state index is 0.0345. The number of rotatable bonds is 4. The van der Waals surface area contributed by atoms with Gasteiger partial charge in [-0.25, -0.2) is 9.97 Å². The number of nitrogen functional groups attached to an aromatic ring is 1. The number of anilines is 2. The molecule has 5 rings (SSSR count). The number of nitrogens with zero attached hydrogens (tertiary/aromatic N) is 5. The number of oxazole rings is 1. The van der Waals surface area contributed by atoms with Crippen molar-refractivity contribution in [1.82, 2.24) is 24.4 Å². The Labute approximate surface area is 186 Å². The number of hydrogen-bond donors (Lipinski definition) is 2. The molecule has 1 aliphatic rings. The van der Waals surface area contributed by atoms with Gasteiger partial charge in [-0.15, -0.1) is 0 Å². The lowest BCUT2D eigenvalue weighted by Crippen LogP contribution is -2.27. The smallest absolute Gasteiger partial charge is 0.302 e. The van der Waals surface area contributed by atoms with Crippen LogP contribution in [0.1, 0.15) is 22.8 Å². The normalized spacial score (nSPS) is 16.0. The molecule has 10 nitrogen and oxygen atoms in total. The fraction of sp³-hybridized carbons (Fsp3) is 0.190. The third-order valence-corrected chi connectivity index (χ3v) is 5.73. The van der Waals surface area contributed by atoms with E-state index in [1.807, 2.05) is 4.57 Å². The average molecular weight is 452 g/mol. The summed E-state index contributed by atoms with van der Waals surface area (Å²) in [6.45, 7) is 4.61. The number of nitrogens with one attached hydrogen (secondary N) is 1. The zero-order valence-corrected chi connectivity index (χ0v) is 17.5. The summed E-state index contributed by atoms with van der Waals surface area (Å²) in [4.78, 5) is 39.5. The van der Waals surface area contributed by atoms with Crippen LogP contribution in [-0.4, -0.2) is 49.3 Å². The van der Waals surface area contributed by atoms with Crippen molar-refractivity contribution in [2.24, 2.45) is 0 Å². The van der Waals surface area contributed by atoms with Gasteiger partial charge in [0.25, 0.3) is 5.91 Å². The maximum atomic E-state index is 13.1. The Morgan fingerprint density at radius 1 is 1.34 bits per heavy atom. The number of benzene rings is 1. The lowest BCUT2D eigenvalue weighted by Gasteiger charge is -2.15. The van der Waals surface area contributed by atoms with Gasteiger partial charge < -0.3 is 19.6 Å². The summed E-state index contributed by atoms with van der Waals surface area (Å²) in [6.07, 6.45) is 5.03. The van der Waals surface area contributed by atoms with Crippen molar-refractivity contribution in [3.63, 3.8) is 0 Å². The van der Waals surface area contributed by atoms with Crippen LogP contribution in [0.5, 0.6) is 0 Å². The number of likely N-dealkylation sites (tertiary alicyclic amines) is 1. The van der Waals surface area contributed by atoms with Crippen LogP contribution in [-0.2, 0) is 4.79 Å². The molecule has 0 spiro atoms. The molecule has 1 aromatic carbocycles. The largest absolute Gasteiger partial charge is 0.423 e. The van der Waals surface area contributed by atoms with Crippen molar-refractivity contribution in [3.8, 4) is 0 Å². The quantitative estimate of drug-likeness (QED) is 0.455. The number of fused-ring (bicyclic) bond motifs is 2. The van der Waals surface area contributed by atoms with E-state index in [0.717, 1.165) is 0 Å². The lowest BCUT2D eigenvalue weighted by atomic mass is 10.2. The molecule has 2 amide bonds. The molecule has 1 fully saturated rings. The van der Waals surface area contributed by atoms with Gasteiger partial charge in [0.05, 0.1) is 17.0 Å². The first kappa shape index (κ1) is 20.0. The summed E-state index contributed by atoms with van der Waals surface area (Å²) in [6, 6.07) is 4.96. The van der Waals surface area contributed by atoms with Gasteiger partial charge in [0.2, 0.25) is 5.91 Å². The summed E-state index contributed by atoms with van der Waals surface area (Å²) >= 11 is 5.99. The Bertz CT molecular complexity index is 1390. The van der Waals surface area contributed by atoms with Gasteiger partial charge >= 0.3 is 6.01 Å². The van der Waals surface area contributed by atoms with Crippen LogP contribution in [0.3, 0.4) is 0 Å². The summed E-state index contributed by atoms with van der Waals surface area (Å²) < 4.78 is 7.46. The Morgan fingerprint density at radius 2 is 2.19 bits per heavy atom. The molecule has 1 aliphatic heterocycles. The molecule has 0 saturated carbocycles. The van der Waals surface area contributed by atoms with E-state index in [2.05, 4.69) is 26.8 Å². The topological polar surface area (TPSA) is 132 Å². The van der Waals surface area contributed by atoms with E-state index in [1.54, 1.807) is 29.3 Å². The van der Waals surface area contributed by atoms with E-state index >= 15 is 0 Å². The molecule has 1 unspecified atom stereocenters. The molecule has 4 heterocycles. The number of aromatic nitrogens is 4. The highest BCUT2D eigenvalue weighted by atomic mass is 35.5. The van der Waals surface area contributed by atoms with E-state index in [0.29, 0.717) is 46.7 Å². The molecule has 1 atom stereocenters. The number of nitrogens with two attached hydrogens (primary N) is 1. The second kappa shape index (κ2) is 7.65. The van der Waals surface area contributed by atoms with Crippen LogP contribution in [0.2, 0.25) is 5.02 Å². The Morgan fingerprint density at radius 3 is 3.00 bits per heavy atom. The zero-order chi connectivity index (χ0) is 22.4. The number of hydrogen-bond acceptors (Lipinski definition) is 7. The van der Waals surface area contributed by atoms with Gasteiger partial charge in [-0.2, -0.15) is 4.98 Å². The molecule has 32 heavy (non-hydrogen) atoms. The molecular formula is C21H18ClN7O3. The summed E-state index contributed by atoms with van der Waals surface area (Å²) in [5.41, 5.74) is 7.92. The van der Waals surface area contributed by atoms with Gasteiger partial charge in [0.1, 0.15) is 23.3 Å². The second-order valence-electron chi connectivity index (χ2n) is 7.42. The van der Waals surface area contributed by atoms with Crippen molar-refractivity contribution in [2.45, 2.75) is 12.5 Å². The van der Waals surface area contributed by atoms with E-state index in [4.69, 9.17) is 21.8 Å². The Balaban J connectivity index is 1.50. The fourth-order valence-corrected chi connectivity index (χ4v) is 4.14. The van der Waals surface area contributed by atoms with Crippen LogP contribution < -0.4 is 11.1 Å². The van der Waals surface area contributed by atoms with Crippen molar-refractivity contribution in [1.29, 1.82) is 0 Å². The molecular weight excluding hydrogens is 434 g/mol. The second-order valence-corrected chi connectivity index (χ2v) is 7.86. The molecule has 0 aliphatic carbocycles. The minimum atomic E-state index is -0.468. The molecule has 0 bridgehead atoms. The molecule has 162 valence electrons. The van der Waals surface area contributed by atoms with E-state index in [-0.39, 0.29) is 29.3 Å². The predicted molar refractivity (Wildman–Crippen MR) is 119 cm³/mol. The number of carbonyl (C=O) groups is 2. The molecule has 3 N–H and O–H groups in total. The van der Waals surface area contributed by atoms with Crippen molar-refractivity contribution < 1.29 is 14.0 Å². The lowest BCUT2D eigenvalue weighted by molar-refractivity contribution is -0.125. The summed E-state index contributed by atoms with van der Waals surface area (Å²) in [7, 11) is 0. The average Bonchev–Trinajstić information content (AvgIpc) is 3.49. The van der Waals surface area contributed by atoms with E-state index in [1.165, 1.54) is 12.4 Å². The maximum absolute atomic E-state index is 13.1. The van der Waals surface area contributed by atoms with Gasteiger partial charge in [-0.05, 0) is 30.7 Å². The molecule has 4 aromatic rings. The first-order valence-electron chi connectivity index (χ1n) is 9.84. The van der Waals surface area contributed by atoms with Crippen molar-refractivity contribution >= 4 is 57.4 Å². The Kier molecular flexibility index (Phi) is 4.78. The van der Waals surface area contributed by atoms with Crippen LogP contribution in [0.25, 0.3) is 22.1 Å². The monoisotopic (exact) mass is 451 g/mol. The number of carbonyl (C=O) groups excluding carboxylic acids is 2. The first-order chi connectivity index (χ1) is 15.4. The van der Waals surface area contributed by atoms with Crippen molar-refractivity contribution in [3.05, 3.63) is 54.0 Å². The predicted octanol–water partition coefficient (Wildman–Crippen LogP) is 3.02. The summed E-state index contributed by atoms with van der Waals surface area (Å²) in [5, 5.41) is 3.60. The number of halogens is 1. The maximum Gasteiger partial charge on any atom is 0.302 e. The molecule has 3 aromatic heterocycles. The van der Waals surface area contributed by atoms with Gasteiger partial charge in [-0.1, -0.05) is 18.2 Å². The number of amides is 2. The van der Waals surface area contributed by atoms with Gasteiger partial charge in [-0.3, -0.25) is 14.9 Å². The van der Waals surface area contributed by atoms with Crippen LogP contribution in [0, 0.1) is 0 Å². The standard InChI is InChI=1S/C21H18ClN7O3/c1-2-16(30)28-6-5-12(8-28)29-9-13(17-18(23)24-10-25-19(17)29)20(31)27-21-26-14-7-11(22)3-4-15(14)32-21/h2-4,7,9-10,12H,1,5-6,8H2,(H2,23,24,25)(H,26,27,31). The highest BCUT2D eigenvalue weighted by Gasteiger charge is 2.30. The highest BCUT2D eigenvalue weighted by Crippen LogP contribution is 2.31. The minimum Gasteiger partial charge on any atom is -0.423 e. The van der Waals surface area contributed by atoms with Crippen LogP contribution in [0.15, 0.2) is 47.8 Å². The fourth-order valence-electron chi connectivity index (χ4n) is 3.98.